The number of aryl methyl sites for hydroxylation is 1. The monoisotopic (exact) mass is 235 g/mol. The molecule has 0 bridgehead atoms. The molecule has 0 aliphatic rings. The van der Waals surface area contributed by atoms with Crippen molar-refractivity contribution in [2.45, 2.75) is 39.8 Å². The van der Waals surface area contributed by atoms with Gasteiger partial charge in [-0.1, -0.05) is 19.9 Å². The van der Waals surface area contributed by atoms with Crippen molar-refractivity contribution in [3.05, 3.63) is 29.6 Å². The van der Waals surface area contributed by atoms with Gasteiger partial charge in [-0.05, 0) is 18.6 Å². The third kappa shape index (κ3) is 5.45. The molecule has 1 aromatic rings. The summed E-state index contributed by atoms with van der Waals surface area (Å²) >= 11 is 0. The van der Waals surface area contributed by atoms with Gasteiger partial charge in [0.1, 0.15) is 0 Å². The maximum Gasteiger partial charge on any atom is 0.221 e. The quantitative estimate of drug-likeness (QED) is 0.783. The van der Waals surface area contributed by atoms with E-state index < -0.39 is 0 Å². The van der Waals surface area contributed by atoms with Gasteiger partial charge in [0.25, 0.3) is 0 Å². The summed E-state index contributed by atoms with van der Waals surface area (Å²) in [6.07, 6.45) is 2.25. The molecule has 0 unspecified atom stereocenters. The first-order valence-corrected chi connectivity index (χ1v) is 6.00. The Morgan fingerprint density at radius 2 is 2.24 bits per heavy atom. The molecule has 4 heteroatoms. The van der Waals surface area contributed by atoms with Crippen LogP contribution in [0.1, 0.15) is 31.5 Å². The Hall–Kier alpha value is -1.42. The first-order chi connectivity index (χ1) is 8.09. The fourth-order valence-electron chi connectivity index (χ4n) is 1.45. The second-order valence-corrected chi connectivity index (χ2v) is 4.40. The number of carbonyl (C=O) groups is 1. The van der Waals surface area contributed by atoms with Crippen molar-refractivity contribution in [1.82, 2.24) is 15.6 Å². The van der Waals surface area contributed by atoms with Gasteiger partial charge < -0.3 is 10.6 Å². The molecular formula is C13H21N3O. The Balaban J connectivity index is 2.26. The summed E-state index contributed by atoms with van der Waals surface area (Å²) in [6, 6.07) is 4.31. The Morgan fingerprint density at radius 3 is 2.88 bits per heavy atom. The molecule has 0 spiro atoms. The van der Waals surface area contributed by atoms with Crippen LogP contribution in [0.25, 0.3) is 0 Å². The van der Waals surface area contributed by atoms with Crippen LogP contribution in [0.4, 0.5) is 0 Å². The van der Waals surface area contributed by atoms with Crippen molar-refractivity contribution in [3.63, 3.8) is 0 Å². The van der Waals surface area contributed by atoms with Crippen molar-refractivity contribution in [2.75, 3.05) is 6.54 Å². The van der Waals surface area contributed by atoms with Gasteiger partial charge in [-0.2, -0.15) is 0 Å². The largest absolute Gasteiger partial charge is 0.350 e. The average Bonchev–Trinajstić information content (AvgIpc) is 2.27. The molecule has 0 aromatic carbocycles. The van der Waals surface area contributed by atoms with E-state index in [0.29, 0.717) is 25.6 Å². The molecule has 1 rings (SSSR count). The maximum atomic E-state index is 11.5. The zero-order valence-electron chi connectivity index (χ0n) is 10.8. The van der Waals surface area contributed by atoms with Crippen LogP contribution in [0.2, 0.25) is 0 Å². The maximum absolute atomic E-state index is 11.5. The number of rotatable bonds is 6. The van der Waals surface area contributed by atoms with Gasteiger partial charge in [0, 0.05) is 25.2 Å². The number of nitrogens with zero attached hydrogens (tertiary/aromatic N) is 1. The molecule has 0 aliphatic carbocycles. The Kier molecular flexibility index (Phi) is 5.63. The van der Waals surface area contributed by atoms with Crippen LogP contribution < -0.4 is 10.6 Å². The van der Waals surface area contributed by atoms with E-state index in [2.05, 4.69) is 29.5 Å². The van der Waals surface area contributed by atoms with E-state index in [0.717, 1.165) is 11.3 Å². The minimum atomic E-state index is 0.0585. The second-order valence-electron chi connectivity index (χ2n) is 4.40. The van der Waals surface area contributed by atoms with Gasteiger partial charge >= 0.3 is 0 Å². The third-order valence-corrected chi connectivity index (χ3v) is 2.48. The standard InChI is InChI=1S/C13H21N3O/c1-10(2)14-8-6-13(17)16-9-12-11(3)5-4-7-15-12/h4-5,7,10,14H,6,8-9H2,1-3H3,(H,16,17). The number of carbonyl (C=O) groups excluding carboxylic acids is 1. The van der Waals surface area contributed by atoms with Crippen LogP contribution in [0, 0.1) is 6.92 Å². The van der Waals surface area contributed by atoms with Crippen molar-refractivity contribution in [1.29, 1.82) is 0 Å². The topological polar surface area (TPSA) is 54.0 Å². The number of hydrogen-bond donors (Lipinski definition) is 2. The molecule has 1 amide bonds. The van der Waals surface area contributed by atoms with Crippen molar-refractivity contribution < 1.29 is 4.79 Å². The van der Waals surface area contributed by atoms with Gasteiger partial charge in [0.05, 0.1) is 12.2 Å². The normalized spacial score (nSPS) is 10.6. The first kappa shape index (κ1) is 13.6. The molecule has 94 valence electrons. The van der Waals surface area contributed by atoms with E-state index in [9.17, 15) is 4.79 Å². The molecule has 0 saturated heterocycles. The van der Waals surface area contributed by atoms with E-state index >= 15 is 0 Å². The van der Waals surface area contributed by atoms with E-state index in [-0.39, 0.29) is 5.91 Å². The van der Waals surface area contributed by atoms with Gasteiger partial charge in [0.2, 0.25) is 5.91 Å². The van der Waals surface area contributed by atoms with E-state index in [1.54, 1.807) is 6.20 Å². The highest BCUT2D eigenvalue weighted by molar-refractivity contribution is 5.76. The zero-order valence-corrected chi connectivity index (χ0v) is 10.8. The first-order valence-electron chi connectivity index (χ1n) is 6.00. The van der Waals surface area contributed by atoms with Gasteiger partial charge in [-0.3, -0.25) is 9.78 Å². The van der Waals surface area contributed by atoms with Crippen LogP contribution in [0.3, 0.4) is 0 Å². The Labute approximate surface area is 103 Å². The summed E-state index contributed by atoms with van der Waals surface area (Å²) in [7, 11) is 0. The smallest absolute Gasteiger partial charge is 0.221 e. The van der Waals surface area contributed by atoms with Crippen LogP contribution in [-0.2, 0) is 11.3 Å². The predicted octanol–water partition coefficient (Wildman–Crippen LogP) is 1.39. The fraction of sp³-hybridized carbons (Fsp3) is 0.538. The summed E-state index contributed by atoms with van der Waals surface area (Å²) in [5.41, 5.74) is 2.03. The lowest BCUT2D eigenvalue weighted by atomic mass is 10.2. The van der Waals surface area contributed by atoms with Gasteiger partial charge in [0.15, 0.2) is 0 Å². The summed E-state index contributed by atoms with van der Waals surface area (Å²) in [5, 5.41) is 6.08. The fourth-order valence-corrected chi connectivity index (χ4v) is 1.45. The minimum Gasteiger partial charge on any atom is -0.350 e. The van der Waals surface area contributed by atoms with E-state index in [4.69, 9.17) is 0 Å². The molecular weight excluding hydrogens is 214 g/mol. The minimum absolute atomic E-state index is 0.0585. The average molecular weight is 235 g/mol. The number of amides is 1. The molecule has 2 N–H and O–H groups in total. The molecule has 0 fully saturated rings. The van der Waals surface area contributed by atoms with Crippen molar-refractivity contribution in [3.8, 4) is 0 Å². The Bertz CT molecular complexity index is 363. The Morgan fingerprint density at radius 1 is 1.47 bits per heavy atom. The number of aromatic nitrogens is 1. The SMILES string of the molecule is Cc1cccnc1CNC(=O)CCNC(C)C. The highest BCUT2D eigenvalue weighted by Gasteiger charge is 2.03. The van der Waals surface area contributed by atoms with Gasteiger partial charge in [-0.25, -0.2) is 0 Å². The summed E-state index contributed by atoms with van der Waals surface area (Å²) in [6.45, 7) is 7.34. The van der Waals surface area contributed by atoms with Crippen LogP contribution >= 0.6 is 0 Å². The predicted molar refractivity (Wildman–Crippen MR) is 68.6 cm³/mol. The molecule has 17 heavy (non-hydrogen) atoms. The molecule has 1 heterocycles. The highest BCUT2D eigenvalue weighted by atomic mass is 16.1. The van der Waals surface area contributed by atoms with Crippen LogP contribution in [0.5, 0.6) is 0 Å². The summed E-state index contributed by atoms with van der Waals surface area (Å²) in [5.74, 6) is 0.0585. The summed E-state index contributed by atoms with van der Waals surface area (Å²) in [4.78, 5) is 15.8. The molecule has 0 radical (unpaired) electrons. The summed E-state index contributed by atoms with van der Waals surface area (Å²) < 4.78 is 0. The molecule has 1 aromatic heterocycles. The van der Waals surface area contributed by atoms with Crippen molar-refractivity contribution >= 4 is 5.91 Å². The molecule has 4 nitrogen and oxygen atoms in total. The third-order valence-electron chi connectivity index (χ3n) is 2.48. The lowest BCUT2D eigenvalue weighted by molar-refractivity contribution is -0.121. The second kappa shape index (κ2) is 7.01. The zero-order chi connectivity index (χ0) is 12.7. The molecule has 0 aliphatic heterocycles. The molecule has 0 saturated carbocycles. The van der Waals surface area contributed by atoms with Crippen LogP contribution in [-0.4, -0.2) is 23.5 Å². The van der Waals surface area contributed by atoms with E-state index in [1.807, 2.05) is 19.1 Å². The number of hydrogen-bond acceptors (Lipinski definition) is 3. The number of nitrogens with one attached hydrogen (secondary N) is 2. The lowest BCUT2D eigenvalue weighted by Gasteiger charge is -2.09. The number of pyridine rings is 1. The molecule has 0 atom stereocenters. The van der Waals surface area contributed by atoms with E-state index in [1.165, 1.54) is 0 Å². The van der Waals surface area contributed by atoms with Crippen LogP contribution in [0.15, 0.2) is 18.3 Å². The highest BCUT2D eigenvalue weighted by Crippen LogP contribution is 2.02. The van der Waals surface area contributed by atoms with Gasteiger partial charge in [-0.15, -0.1) is 0 Å². The lowest BCUT2D eigenvalue weighted by Crippen LogP contribution is -2.30. The van der Waals surface area contributed by atoms with Crippen molar-refractivity contribution in [2.24, 2.45) is 0 Å².